The predicted octanol–water partition coefficient (Wildman–Crippen LogP) is 3.48. The normalized spacial score (nSPS) is 20.4. The lowest BCUT2D eigenvalue weighted by atomic mass is 10.1. The van der Waals surface area contributed by atoms with Gasteiger partial charge in [0, 0.05) is 17.0 Å². The molecule has 1 unspecified atom stereocenters. The molecule has 1 fully saturated rings. The van der Waals surface area contributed by atoms with Gasteiger partial charge in [-0.1, -0.05) is 16.8 Å². The number of hydrogen-bond acceptors (Lipinski definition) is 4. The number of aromatic nitrogens is 1. The highest BCUT2D eigenvalue weighted by molar-refractivity contribution is 7.14. The summed E-state index contributed by atoms with van der Waals surface area (Å²) in [4.78, 5) is 0. The van der Waals surface area contributed by atoms with Crippen LogP contribution >= 0.6 is 22.9 Å². The molecule has 0 aliphatic carbocycles. The highest BCUT2D eigenvalue weighted by Gasteiger charge is 2.20. The molecule has 3 heterocycles. The molecule has 1 N–H and O–H groups in total. The van der Waals surface area contributed by atoms with Crippen LogP contribution in [0.15, 0.2) is 22.0 Å². The van der Waals surface area contributed by atoms with Crippen LogP contribution in [0.4, 0.5) is 0 Å². The molecule has 0 saturated carbocycles. The smallest absolute Gasteiger partial charge is 0.168 e. The zero-order chi connectivity index (χ0) is 11.0. The van der Waals surface area contributed by atoms with E-state index in [0.717, 1.165) is 34.3 Å². The zero-order valence-electron chi connectivity index (χ0n) is 8.57. The van der Waals surface area contributed by atoms with E-state index < -0.39 is 0 Å². The highest BCUT2D eigenvalue weighted by Crippen LogP contribution is 2.31. The molecule has 2 aromatic heterocycles. The van der Waals surface area contributed by atoms with Crippen molar-refractivity contribution < 1.29 is 4.52 Å². The Labute approximate surface area is 102 Å². The van der Waals surface area contributed by atoms with Crippen molar-refractivity contribution in [1.82, 2.24) is 10.5 Å². The number of rotatable bonds is 2. The summed E-state index contributed by atoms with van der Waals surface area (Å²) in [5, 5.41) is 9.49. The minimum Gasteiger partial charge on any atom is -0.356 e. The van der Waals surface area contributed by atoms with E-state index in [-0.39, 0.29) is 0 Å². The first-order valence-electron chi connectivity index (χ1n) is 5.27. The van der Waals surface area contributed by atoms with E-state index in [4.69, 9.17) is 16.1 Å². The molecule has 3 nitrogen and oxygen atoms in total. The van der Waals surface area contributed by atoms with Crippen molar-refractivity contribution in [2.75, 3.05) is 6.54 Å². The Hall–Kier alpha value is -0.840. The van der Waals surface area contributed by atoms with E-state index in [0.29, 0.717) is 6.04 Å². The van der Waals surface area contributed by atoms with Gasteiger partial charge in [0.15, 0.2) is 5.76 Å². The second kappa shape index (κ2) is 4.20. The average Bonchev–Trinajstić information content (AvgIpc) is 2.97. The molecule has 0 amide bonds. The Bertz CT molecular complexity index is 488. The molecule has 3 rings (SSSR count). The second-order valence-electron chi connectivity index (χ2n) is 3.90. The SMILES string of the molecule is Clc1cc(-c2cc(C3CCCN3)no2)cs1. The fourth-order valence-electron chi connectivity index (χ4n) is 1.97. The molecule has 0 aromatic carbocycles. The maximum absolute atomic E-state index is 5.89. The van der Waals surface area contributed by atoms with Crippen molar-refractivity contribution in [3.63, 3.8) is 0 Å². The molecule has 5 heteroatoms. The van der Waals surface area contributed by atoms with Gasteiger partial charge in [-0.3, -0.25) is 0 Å². The van der Waals surface area contributed by atoms with Crippen LogP contribution in [-0.4, -0.2) is 11.7 Å². The Morgan fingerprint density at radius 1 is 1.50 bits per heavy atom. The van der Waals surface area contributed by atoms with Crippen LogP contribution in [0.3, 0.4) is 0 Å². The van der Waals surface area contributed by atoms with Crippen LogP contribution < -0.4 is 5.32 Å². The van der Waals surface area contributed by atoms with Gasteiger partial charge in [0.2, 0.25) is 0 Å². The van der Waals surface area contributed by atoms with Crippen LogP contribution in [0.25, 0.3) is 11.3 Å². The molecule has 2 aromatic rings. The third kappa shape index (κ3) is 1.88. The quantitative estimate of drug-likeness (QED) is 0.892. The summed E-state index contributed by atoms with van der Waals surface area (Å²) in [6.45, 7) is 1.07. The summed E-state index contributed by atoms with van der Waals surface area (Å²) in [6.07, 6.45) is 2.34. The summed E-state index contributed by atoms with van der Waals surface area (Å²) >= 11 is 7.39. The Kier molecular flexibility index (Phi) is 2.71. The molecule has 0 radical (unpaired) electrons. The third-order valence-electron chi connectivity index (χ3n) is 2.80. The summed E-state index contributed by atoms with van der Waals surface area (Å²) in [6, 6.07) is 4.26. The molecule has 84 valence electrons. The van der Waals surface area contributed by atoms with Gasteiger partial charge in [-0.05, 0) is 25.5 Å². The van der Waals surface area contributed by atoms with Gasteiger partial charge < -0.3 is 9.84 Å². The molecular formula is C11H11ClN2OS. The van der Waals surface area contributed by atoms with Crippen molar-refractivity contribution >= 4 is 22.9 Å². The van der Waals surface area contributed by atoms with Crippen LogP contribution in [0.1, 0.15) is 24.6 Å². The van der Waals surface area contributed by atoms with Gasteiger partial charge in [0.1, 0.15) is 5.69 Å². The standard InChI is InChI=1S/C11H11ClN2OS/c12-11-4-7(6-16-11)10-5-9(14-15-10)8-2-1-3-13-8/h4-6,8,13H,1-3H2. The van der Waals surface area contributed by atoms with E-state index in [1.54, 1.807) is 0 Å². The Morgan fingerprint density at radius 3 is 3.12 bits per heavy atom. The number of halogens is 1. The summed E-state index contributed by atoms with van der Waals surface area (Å²) in [7, 11) is 0. The largest absolute Gasteiger partial charge is 0.356 e. The van der Waals surface area contributed by atoms with Crippen molar-refractivity contribution in [3.8, 4) is 11.3 Å². The van der Waals surface area contributed by atoms with Crippen LogP contribution in [0, 0.1) is 0 Å². The van der Waals surface area contributed by atoms with Crippen LogP contribution in [0.5, 0.6) is 0 Å². The second-order valence-corrected chi connectivity index (χ2v) is 5.45. The lowest BCUT2D eigenvalue weighted by molar-refractivity contribution is 0.412. The van der Waals surface area contributed by atoms with Gasteiger partial charge in [-0.15, -0.1) is 11.3 Å². The van der Waals surface area contributed by atoms with E-state index in [9.17, 15) is 0 Å². The van der Waals surface area contributed by atoms with Gasteiger partial charge in [-0.2, -0.15) is 0 Å². The van der Waals surface area contributed by atoms with E-state index in [2.05, 4.69) is 10.5 Å². The fraction of sp³-hybridized carbons (Fsp3) is 0.364. The minimum absolute atomic E-state index is 0.353. The third-order valence-corrected chi connectivity index (χ3v) is 3.89. The molecule has 1 atom stereocenters. The fourth-order valence-corrected chi connectivity index (χ4v) is 2.84. The minimum atomic E-state index is 0.353. The number of hydrogen-bond donors (Lipinski definition) is 1. The maximum atomic E-state index is 5.89. The maximum Gasteiger partial charge on any atom is 0.168 e. The van der Waals surface area contributed by atoms with Crippen molar-refractivity contribution in [2.24, 2.45) is 0 Å². The molecule has 0 bridgehead atoms. The first-order chi connectivity index (χ1) is 7.83. The lowest BCUT2D eigenvalue weighted by Crippen LogP contribution is -2.12. The number of nitrogens with zero attached hydrogens (tertiary/aromatic N) is 1. The molecule has 0 spiro atoms. The van der Waals surface area contributed by atoms with Gasteiger partial charge in [0.25, 0.3) is 0 Å². The molecule has 16 heavy (non-hydrogen) atoms. The first-order valence-corrected chi connectivity index (χ1v) is 6.53. The number of nitrogens with one attached hydrogen (secondary N) is 1. The van der Waals surface area contributed by atoms with Crippen molar-refractivity contribution in [2.45, 2.75) is 18.9 Å². The Balaban J connectivity index is 1.87. The first kappa shape index (κ1) is 10.3. The van der Waals surface area contributed by atoms with Crippen LogP contribution in [0.2, 0.25) is 4.34 Å². The summed E-state index contributed by atoms with van der Waals surface area (Å²) in [5.74, 6) is 0.798. The molecule has 1 aliphatic heterocycles. The zero-order valence-corrected chi connectivity index (χ0v) is 10.1. The van der Waals surface area contributed by atoms with Crippen molar-refractivity contribution in [3.05, 3.63) is 27.5 Å². The average molecular weight is 255 g/mol. The predicted molar refractivity (Wildman–Crippen MR) is 64.8 cm³/mol. The molecular weight excluding hydrogens is 244 g/mol. The summed E-state index contributed by atoms with van der Waals surface area (Å²) in [5.41, 5.74) is 2.00. The Morgan fingerprint density at radius 2 is 2.44 bits per heavy atom. The van der Waals surface area contributed by atoms with Gasteiger partial charge >= 0.3 is 0 Å². The van der Waals surface area contributed by atoms with Crippen LogP contribution in [-0.2, 0) is 0 Å². The van der Waals surface area contributed by atoms with Gasteiger partial charge in [-0.25, -0.2) is 0 Å². The topological polar surface area (TPSA) is 38.1 Å². The van der Waals surface area contributed by atoms with E-state index in [1.807, 2.05) is 17.5 Å². The van der Waals surface area contributed by atoms with Gasteiger partial charge in [0.05, 0.1) is 10.4 Å². The highest BCUT2D eigenvalue weighted by atomic mass is 35.5. The molecule has 1 aliphatic rings. The summed E-state index contributed by atoms with van der Waals surface area (Å²) < 4.78 is 6.10. The van der Waals surface area contributed by atoms with Crippen molar-refractivity contribution in [1.29, 1.82) is 0 Å². The van der Waals surface area contributed by atoms with E-state index >= 15 is 0 Å². The molecule has 1 saturated heterocycles. The monoisotopic (exact) mass is 254 g/mol. The lowest BCUT2D eigenvalue weighted by Gasteiger charge is -2.02. The number of thiophene rings is 1. The van der Waals surface area contributed by atoms with E-state index in [1.165, 1.54) is 17.8 Å².